The Hall–Kier alpha value is -3.17. The molecule has 2 atom stereocenters. The summed E-state index contributed by atoms with van der Waals surface area (Å²) in [6.45, 7) is 9.05. The Morgan fingerprint density at radius 2 is 1.62 bits per heavy atom. The number of hydrogen-bond donors (Lipinski definition) is 1. The van der Waals surface area contributed by atoms with Crippen molar-refractivity contribution in [1.82, 2.24) is 10.2 Å². The Morgan fingerprint density at radius 3 is 2.23 bits per heavy atom. The Kier molecular flexibility index (Phi) is 10.3. The average molecular weight is 615 g/mol. The van der Waals surface area contributed by atoms with Gasteiger partial charge in [-0.2, -0.15) is 0 Å². The zero-order valence-corrected chi connectivity index (χ0v) is 25.4. The number of aryl methyl sites for hydroxylation is 2. The summed E-state index contributed by atoms with van der Waals surface area (Å²) in [6.07, 6.45) is 0.744. The van der Waals surface area contributed by atoms with Crippen LogP contribution >= 0.6 is 15.9 Å². The van der Waals surface area contributed by atoms with E-state index in [0.717, 1.165) is 31.9 Å². The molecule has 0 aliphatic heterocycles. The van der Waals surface area contributed by atoms with Crippen LogP contribution in [0.4, 0.5) is 5.69 Å². The van der Waals surface area contributed by atoms with Crippen LogP contribution in [0.15, 0.2) is 82.2 Å². The molecule has 0 fully saturated rings. The third kappa shape index (κ3) is 7.70. The summed E-state index contributed by atoms with van der Waals surface area (Å²) in [4.78, 5) is 28.6. The van der Waals surface area contributed by atoms with Gasteiger partial charge in [0.2, 0.25) is 11.8 Å². The second kappa shape index (κ2) is 13.3. The molecule has 7 nitrogen and oxygen atoms in total. The lowest BCUT2D eigenvalue weighted by molar-refractivity contribution is -0.139. The van der Waals surface area contributed by atoms with Crippen LogP contribution in [0.2, 0.25) is 0 Å². The number of nitrogens with one attached hydrogen (secondary N) is 1. The topological polar surface area (TPSA) is 86.8 Å². The van der Waals surface area contributed by atoms with E-state index in [1.165, 1.54) is 17.0 Å². The van der Waals surface area contributed by atoms with E-state index in [-0.39, 0.29) is 23.4 Å². The summed E-state index contributed by atoms with van der Waals surface area (Å²) in [7, 11) is -4.08. The van der Waals surface area contributed by atoms with Gasteiger partial charge in [-0.05, 0) is 87.2 Å². The third-order valence-corrected chi connectivity index (χ3v) is 9.08. The predicted octanol–water partition coefficient (Wildman–Crippen LogP) is 5.59. The van der Waals surface area contributed by atoms with E-state index in [9.17, 15) is 18.0 Å². The first-order chi connectivity index (χ1) is 18.4. The Bertz CT molecular complexity index is 1410. The summed E-state index contributed by atoms with van der Waals surface area (Å²) >= 11 is 3.46. The Labute approximate surface area is 240 Å². The zero-order valence-electron chi connectivity index (χ0n) is 23.0. The molecule has 39 heavy (non-hydrogen) atoms. The smallest absolute Gasteiger partial charge is 0.264 e. The first-order valence-electron chi connectivity index (χ1n) is 12.9. The van der Waals surface area contributed by atoms with Crippen molar-refractivity contribution in [2.24, 2.45) is 0 Å². The lowest BCUT2D eigenvalue weighted by Crippen LogP contribution is -2.52. The van der Waals surface area contributed by atoms with Gasteiger partial charge in [0.15, 0.2) is 0 Å². The molecule has 3 aromatic rings. The largest absolute Gasteiger partial charge is 0.352 e. The fraction of sp³-hybridized carbons (Fsp3) is 0.333. The van der Waals surface area contributed by atoms with E-state index in [0.29, 0.717) is 5.69 Å². The summed E-state index contributed by atoms with van der Waals surface area (Å²) in [6, 6.07) is 19.9. The highest BCUT2D eigenvalue weighted by molar-refractivity contribution is 9.10. The second-order valence-corrected chi connectivity index (χ2v) is 12.5. The lowest BCUT2D eigenvalue weighted by atomic mass is 10.1. The van der Waals surface area contributed by atoms with Gasteiger partial charge in [0.05, 0.1) is 10.6 Å². The van der Waals surface area contributed by atoms with Gasteiger partial charge >= 0.3 is 0 Å². The van der Waals surface area contributed by atoms with E-state index in [1.807, 2.05) is 58.0 Å². The third-order valence-electron chi connectivity index (χ3n) is 6.80. The van der Waals surface area contributed by atoms with E-state index < -0.39 is 28.5 Å². The van der Waals surface area contributed by atoms with Crippen molar-refractivity contribution < 1.29 is 18.0 Å². The molecule has 9 heteroatoms. The van der Waals surface area contributed by atoms with Gasteiger partial charge in [-0.15, -0.1) is 0 Å². The van der Waals surface area contributed by atoms with Crippen molar-refractivity contribution in [3.63, 3.8) is 0 Å². The molecule has 0 saturated carbocycles. The summed E-state index contributed by atoms with van der Waals surface area (Å²) in [5.41, 5.74) is 3.10. The van der Waals surface area contributed by atoms with Crippen LogP contribution < -0.4 is 9.62 Å². The summed E-state index contributed by atoms with van der Waals surface area (Å²) in [5.74, 6) is -0.782. The van der Waals surface area contributed by atoms with Crippen molar-refractivity contribution in [1.29, 1.82) is 0 Å². The molecule has 2 amide bonds. The van der Waals surface area contributed by atoms with Crippen LogP contribution in [-0.2, 0) is 26.2 Å². The lowest BCUT2D eigenvalue weighted by Gasteiger charge is -2.32. The minimum atomic E-state index is -4.08. The highest BCUT2D eigenvalue weighted by atomic mass is 79.9. The molecule has 0 saturated heterocycles. The van der Waals surface area contributed by atoms with E-state index >= 15 is 0 Å². The number of amides is 2. The van der Waals surface area contributed by atoms with Gasteiger partial charge in [0.25, 0.3) is 10.0 Å². The molecule has 0 bridgehead atoms. The molecule has 0 aliphatic rings. The molecular weight excluding hydrogens is 578 g/mol. The molecule has 1 N–H and O–H groups in total. The van der Waals surface area contributed by atoms with Crippen molar-refractivity contribution in [3.8, 4) is 0 Å². The number of sulfonamides is 1. The second-order valence-electron chi connectivity index (χ2n) is 9.74. The molecule has 3 aromatic carbocycles. The van der Waals surface area contributed by atoms with Crippen molar-refractivity contribution >= 4 is 43.5 Å². The standard InChI is InChI=1S/C30H36BrN3O4S/c1-6-23(4)32-30(36)24(5)33(19-25-11-10-12-26(31)18-25)29(35)20-34(27-16-15-21(2)22(3)17-27)39(37,38)28-13-8-7-9-14-28/h7-18,23-24H,6,19-20H2,1-5H3,(H,32,36)/t23-,24-/m1/s1. The molecule has 0 unspecified atom stereocenters. The monoisotopic (exact) mass is 613 g/mol. The van der Waals surface area contributed by atoms with Crippen molar-refractivity contribution in [2.75, 3.05) is 10.8 Å². The van der Waals surface area contributed by atoms with Crippen LogP contribution in [-0.4, -0.2) is 43.8 Å². The van der Waals surface area contributed by atoms with Gasteiger partial charge < -0.3 is 10.2 Å². The molecule has 0 heterocycles. The highest BCUT2D eigenvalue weighted by Crippen LogP contribution is 2.26. The first kappa shape index (κ1) is 30.4. The molecule has 208 valence electrons. The Morgan fingerprint density at radius 1 is 0.923 bits per heavy atom. The number of halogens is 1. The fourth-order valence-corrected chi connectivity index (χ4v) is 5.88. The average Bonchev–Trinajstić information content (AvgIpc) is 2.91. The maximum absolute atomic E-state index is 14.0. The van der Waals surface area contributed by atoms with E-state index in [4.69, 9.17) is 0 Å². The molecule has 3 rings (SSSR count). The summed E-state index contributed by atoms with van der Waals surface area (Å²) in [5, 5.41) is 2.94. The quantitative estimate of drug-likeness (QED) is 0.305. The molecule has 0 aliphatic carbocycles. The minimum Gasteiger partial charge on any atom is -0.352 e. The van der Waals surface area contributed by atoms with Crippen LogP contribution in [0.5, 0.6) is 0 Å². The normalized spacial score (nSPS) is 12.9. The maximum atomic E-state index is 14.0. The van der Waals surface area contributed by atoms with Gasteiger partial charge in [-0.1, -0.05) is 59.3 Å². The predicted molar refractivity (Wildman–Crippen MR) is 159 cm³/mol. The number of benzene rings is 3. The molecule has 0 aromatic heterocycles. The number of hydrogen-bond acceptors (Lipinski definition) is 4. The van der Waals surface area contributed by atoms with Crippen molar-refractivity contribution in [2.45, 2.75) is 64.6 Å². The van der Waals surface area contributed by atoms with Gasteiger partial charge in [-0.3, -0.25) is 13.9 Å². The van der Waals surface area contributed by atoms with Crippen LogP contribution in [0, 0.1) is 13.8 Å². The van der Waals surface area contributed by atoms with Gasteiger partial charge in [-0.25, -0.2) is 8.42 Å². The van der Waals surface area contributed by atoms with Crippen LogP contribution in [0.1, 0.15) is 43.9 Å². The maximum Gasteiger partial charge on any atom is 0.264 e. The summed E-state index contributed by atoms with van der Waals surface area (Å²) < 4.78 is 29.7. The fourth-order valence-electron chi connectivity index (χ4n) is 4.01. The minimum absolute atomic E-state index is 0.0618. The Balaban J connectivity index is 2.04. The zero-order chi connectivity index (χ0) is 28.7. The van der Waals surface area contributed by atoms with E-state index in [2.05, 4.69) is 21.2 Å². The van der Waals surface area contributed by atoms with E-state index in [1.54, 1.807) is 37.3 Å². The highest BCUT2D eigenvalue weighted by Gasteiger charge is 2.32. The molecular formula is C30H36BrN3O4S. The number of anilines is 1. The van der Waals surface area contributed by atoms with Crippen LogP contribution in [0.3, 0.4) is 0 Å². The van der Waals surface area contributed by atoms with Gasteiger partial charge in [0.1, 0.15) is 12.6 Å². The van der Waals surface area contributed by atoms with Crippen LogP contribution in [0.25, 0.3) is 0 Å². The number of rotatable bonds is 11. The van der Waals surface area contributed by atoms with Crippen molar-refractivity contribution in [3.05, 3.63) is 94.0 Å². The molecule has 0 spiro atoms. The first-order valence-corrected chi connectivity index (χ1v) is 15.2. The molecule has 0 radical (unpaired) electrons. The number of carbonyl (C=O) groups is 2. The number of carbonyl (C=O) groups excluding carboxylic acids is 2. The number of nitrogens with zero attached hydrogens (tertiary/aromatic N) is 2. The SMILES string of the molecule is CC[C@@H](C)NC(=O)[C@@H](C)N(Cc1cccc(Br)c1)C(=O)CN(c1ccc(C)c(C)c1)S(=O)(=O)c1ccccc1. The van der Waals surface area contributed by atoms with Gasteiger partial charge in [0, 0.05) is 17.1 Å².